The van der Waals surface area contributed by atoms with Gasteiger partial charge in [-0.15, -0.1) is 0 Å². The third kappa shape index (κ3) is 3.31. The summed E-state index contributed by atoms with van der Waals surface area (Å²) in [7, 11) is 0. The van der Waals surface area contributed by atoms with Crippen LogP contribution in [0.3, 0.4) is 0 Å². The average molecular weight is 510 g/mol. The van der Waals surface area contributed by atoms with Crippen molar-refractivity contribution in [2.24, 2.45) is 9.98 Å². The first kappa shape index (κ1) is 21.4. The number of rotatable bonds is 2. The maximum atomic E-state index is 6.53. The van der Waals surface area contributed by atoms with Gasteiger partial charge < -0.3 is 9.73 Å². The molecule has 2 heterocycles. The molecule has 180 valence electrons. The van der Waals surface area contributed by atoms with Gasteiger partial charge in [0.1, 0.15) is 17.0 Å². The van der Waals surface area contributed by atoms with Crippen molar-refractivity contribution in [2.45, 2.75) is 6.17 Å². The largest absolute Gasteiger partial charge is 0.455 e. The van der Waals surface area contributed by atoms with Crippen molar-refractivity contribution in [1.29, 1.82) is 0 Å². The Hall–Kier alpha value is -4.67. The molecule has 1 aliphatic rings. The molecule has 5 heteroatoms. The Labute approximate surface area is 222 Å². The summed E-state index contributed by atoms with van der Waals surface area (Å²) in [5, 5.41) is 12.7. The summed E-state index contributed by atoms with van der Waals surface area (Å²) in [5.74, 6) is 0.641. The highest BCUT2D eigenvalue weighted by Gasteiger charge is 2.22. The molecule has 0 aliphatic carbocycles. The van der Waals surface area contributed by atoms with Gasteiger partial charge in [-0.2, -0.15) is 0 Å². The number of para-hydroxylation sites is 1. The van der Waals surface area contributed by atoms with Gasteiger partial charge in [0.15, 0.2) is 11.5 Å². The second-order valence-electron chi connectivity index (χ2n) is 9.64. The fourth-order valence-corrected chi connectivity index (χ4v) is 5.75. The summed E-state index contributed by atoms with van der Waals surface area (Å²) in [5.41, 5.74) is 3.46. The van der Waals surface area contributed by atoms with Gasteiger partial charge in [0, 0.05) is 10.8 Å². The number of fused-ring (bicyclic) bond motifs is 7. The van der Waals surface area contributed by atoms with E-state index in [1.54, 1.807) is 0 Å². The van der Waals surface area contributed by atoms with E-state index in [1.807, 2.05) is 18.2 Å². The normalized spacial score (nSPS) is 15.8. The quantitative estimate of drug-likeness (QED) is 0.187. The Morgan fingerprint density at radius 2 is 1.34 bits per heavy atom. The SMILES string of the molecule is ClC1=NC(c2ccc3c(ccc4ccccc43)c2)N=C(c2cccc3c2oc2cc4ccccc4cc23)N1. The minimum Gasteiger partial charge on any atom is -0.455 e. The monoisotopic (exact) mass is 509 g/mol. The van der Waals surface area contributed by atoms with Crippen LogP contribution in [0, 0.1) is 0 Å². The van der Waals surface area contributed by atoms with Gasteiger partial charge in [-0.25, -0.2) is 9.98 Å². The molecular weight excluding hydrogens is 490 g/mol. The zero-order chi connectivity index (χ0) is 25.2. The molecule has 0 saturated carbocycles. The number of halogens is 1. The van der Waals surface area contributed by atoms with E-state index in [1.165, 1.54) is 21.5 Å². The molecule has 38 heavy (non-hydrogen) atoms. The number of nitrogens with one attached hydrogen (secondary N) is 1. The van der Waals surface area contributed by atoms with Crippen LogP contribution in [0.2, 0.25) is 0 Å². The number of hydrogen-bond donors (Lipinski definition) is 1. The highest BCUT2D eigenvalue weighted by atomic mass is 35.5. The van der Waals surface area contributed by atoms with Gasteiger partial charge in [0.05, 0.1) is 5.56 Å². The minimum absolute atomic E-state index is 0.303. The lowest BCUT2D eigenvalue weighted by Gasteiger charge is -2.19. The van der Waals surface area contributed by atoms with Crippen molar-refractivity contribution in [1.82, 2.24) is 5.32 Å². The molecule has 0 saturated heterocycles. The lowest BCUT2D eigenvalue weighted by Crippen LogP contribution is -2.32. The first-order valence-corrected chi connectivity index (χ1v) is 12.9. The number of hydrogen-bond acceptors (Lipinski definition) is 4. The minimum atomic E-state index is -0.461. The van der Waals surface area contributed by atoms with Crippen LogP contribution in [0.4, 0.5) is 0 Å². The van der Waals surface area contributed by atoms with E-state index < -0.39 is 6.17 Å². The molecule has 0 fully saturated rings. The average Bonchev–Trinajstić information content (AvgIpc) is 3.32. The van der Waals surface area contributed by atoms with Crippen LogP contribution in [-0.4, -0.2) is 11.1 Å². The summed E-state index contributed by atoms with van der Waals surface area (Å²) < 4.78 is 6.42. The highest BCUT2D eigenvalue weighted by molar-refractivity contribution is 6.66. The predicted molar refractivity (Wildman–Crippen MR) is 158 cm³/mol. The molecule has 0 amide bonds. The fraction of sp³-hybridized carbons (Fsp3) is 0.0303. The number of benzene rings is 6. The molecule has 1 aliphatic heterocycles. The van der Waals surface area contributed by atoms with Crippen molar-refractivity contribution in [3.8, 4) is 0 Å². The molecule has 0 radical (unpaired) electrons. The van der Waals surface area contributed by atoms with Gasteiger partial charge in [-0.3, -0.25) is 0 Å². The van der Waals surface area contributed by atoms with Crippen LogP contribution in [0.5, 0.6) is 0 Å². The summed E-state index contributed by atoms with van der Waals surface area (Å²) in [6.07, 6.45) is -0.461. The Kier molecular flexibility index (Phi) is 4.60. The Morgan fingerprint density at radius 3 is 2.24 bits per heavy atom. The molecule has 0 bridgehead atoms. The summed E-state index contributed by atoms with van der Waals surface area (Å²) in [6, 6.07) is 37.9. The molecule has 6 aromatic carbocycles. The second-order valence-corrected chi connectivity index (χ2v) is 10.0. The van der Waals surface area contributed by atoms with E-state index in [9.17, 15) is 0 Å². The summed E-state index contributed by atoms with van der Waals surface area (Å²) >= 11 is 6.53. The molecule has 1 unspecified atom stereocenters. The van der Waals surface area contributed by atoms with Gasteiger partial charge in [0.25, 0.3) is 0 Å². The third-order valence-corrected chi connectivity index (χ3v) is 7.59. The van der Waals surface area contributed by atoms with Crippen LogP contribution in [-0.2, 0) is 0 Å². The third-order valence-electron chi connectivity index (χ3n) is 7.40. The predicted octanol–water partition coefficient (Wildman–Crippen LogP) is 8.69. The Balaban J connectivity index is 1.26. The van der Waals surface area contributed by atoms with Gasteiger partial charge in [-0.1, -0.05) is 84.9 Å². The standard InChI is InChI=1S/C33H20ClN3O/c34-33-36-31(23-14-15-25-22(16-23)13-12-19-6-3-4-9-24(19)25)35-32(37-33)27-11-5-10-26-28-17-20-7-1-2-8-21(20)18-29(28)38-30(26)27/h1-18,31H,(H,35,36,37). The lowest BCUT2D eigenvalue weighted by atomic mass is 9.99. The smallest absolute Gasteiger partial charge is 0.199 e. The first-order valence-electron chi connectivity index (χ1n) is 12.6. The Morgan fingerprint density at radius 1 is 0.605 bits per heavy atom. The molecule has 1 aromatic heterocycles. The molecule has 1 atom stereocenters. The van der Waals surface area contributed by atoms with E-state index in [2.05, 4.69) is 101 Å². The van der Waals surface area contributed by atoms with Crippen molar-refractivity contribution < 1.29 is 4.42 Å². The van der Waals surface area contributed by atoms with Crippen molar-refractivity contribution in [3.05, 3.63) is 120 Å². The molecule has 7 aromatic rings. The van der Waals surface area contributed by atoms with Crippen molar-refractivity contribution >= 4 is 77.0 Å². The Bertz CT molecular complexity index is 2140. The molecule has 4 nitrogen and oxygen atoms in total. The van der Waals surface area contributed by atoms with Crippen molar-refractivity contribution in [2.75, 3.05) is 0 Å². The maximum absolute atomic E-state index is 6.53. The van der Waals surface area contributed by atoms with E-state index in [0.29, 0.717) is 11.1 Å². The van der Waals surface area contributed by atoms with Crippen LogP contribution < -0.4 is 5.32 Å². The highest BCUT2D eigenvalue weighted by Crippen LogP contribution is 2.35. The van der Waals surface area contributed by atoms with Gasteiger partial charge in [0.2, 0.25) is 0 Å². The maximum Gasteiger partial charge on any atom is 0.199 e. The topological polar surface area (TPSA) is 49.9 Å². The lowest BCUT2D eigenvalue weighted by molar-refractivity contribution is 0.668. The van der Waals surface area contributed by atoms with Crippen LogP contribution in [0.25, 0.3) is 54.3 Å². The fourth-order valence-electron chi connectivity index (χ4n) is 5.57. The second kappa shape index (κ2) is 8.17. The van der Waals surface area contributed by atoms with E-state index in [-0.39, 0.29) is 0 Å². The molecule has 0 spiro atoms. The van der Waals surface area contributed by atoms with Crippen LogP contribution >= 0.6 is 11.6 Å². The zero-order valence-corrected chi connectivity index (χ0v) is 20.9. The van der Waals surface area contributed by atoms with Gasteiger partial charge in [-0.05, 0) is 73.7 Å². The first-order chi connectivity index (χ1) is 18.7. The zero-order valence-electron chi connectivity index (χ0n) is 20.2. The molecular formula is C33H20ClN3O. The molecule has 8 rings (SSSR count). The van der Waals surface area contributed by atoms with E-state index >= 15 is 0 Å². The number of furan rings is 1. The van der Waals surface area contributed by atoms with Crippen LogP contribution in [0.1, 0.15) is 17.3 Å². The number of amidine groups is 2. The summed E-state index contributed by atoms with van der Waals surface area (Å²) in [6.45, 7) is 0. The number of nitrogens with zero attached hydrogens (tertiary/aromatic N) is 2. The van der Waals surface area contributed by atoms with E-state index in [4.69, 9.17) is 21.0 Å². The molecule has 1 N–H and O–H groups in total. The van der Waals surface area contributed by atoms with Gasteiger partial charge >= 0.3 is 0 Å². The van der Waals surface area contributed by atoms with Crippen molar-refractivity contribution in [3.63, 3.8) is 0 Å². The van der Waals surface area contributed by atoms with Crippen LogP contribution in [0.15, 0.2) is 124 Å². The number of aliphatic imine (C=N–C) groups is 2. The van der Waals surface area contributed by atoms with E-state index in [0.717, 1.165) is 43.8 Å². The summed E-state index contributed by atoms with van der Waals surface area (Å²) in [4.78, 5) is 9.60.